The fraction of sp³-hybridized carbons (Fsp3) is 0.353. The molecule has 1 saturated heterocycles. The molecule has 0 radical (unpaired) electrons. The first-order valence-electron chi connectivity index (χ1n) is 7.19. The predicted octanol–water partition coefficient (Wildman–Crippen LogP) is 3.00. The Balaban J connectivity index is 1.83. The van der Waals surface area contributed by atoms with Crippen LogP contribution in [0.4, 0.5) is 0 Å². The van der Waals surface area contributed by atoms with Gasteiger partial charge in [0.1, 0.15) is 0 Å². The molecule has 3 nitrogen and oxygen atoms in total. The van der Waals surface area contributed by atoms with Crippen LogP contribution in [0, 0.1) is 0 Å². The van der Waals surface area contributed by atoms with E-state index in [1.165, 1.54) is 5.39 Å². The van der Waals surface area contributed by atoms with Gasteiger partial charge in [0.25, 0.3) is 0 Å². The van der Waals surface area contributed by atoms with Crippen molar-refractivity contribution in [1.29, 1.82) is 0 Å². The Bertz CT molecular complexity index is 638. The second-order valence-corrected chi connectivity index (χ2v) is 5.93. The van der Waals surface area contributed by atoms with E-state index in [0.29, 0.717) is 26.2 Å². The number of hydrogen-bond acceptors (Lipinski definition) is 2. The highest BCUT2D eigenvalue weighted by Gasteiger charge is 2.26. The number of carbonyl (C=O) groups excluding carboxylic acids is 1. The molecule has 0 aromatic heterocycles. The summed E-state index contributed by atoms with van der Waals surface area (Å²) in [6.07, 6.45) is 0.449. The van der Waals surface area contributed by atoms with Crippen LogP contribution in [-0.2, 0) is 16.0 Å². The molecule has 0 spiro atoms. The van der Waals surface area contributed by atoms with Crippen molar-refractivity contribution < 1.29 is 9.53 Å². The Labute approximate surface area is 133 Å². The summed E-state index contributed by atoms with van der Waals surface area (Å²) in [7, 11) is 0. The molecular weight excluding hydrogens is 330 g/mol. The van der Waals surface area contributed by atoms with Crippen LogP contribution >= 0.6 is 15.9 Å². The van der Waals surface area contributed by atoms with E-state index in [0.717, 1.165) is 16.3 Å². The topological polar surface area (TPSA) is 29.5 Å². The third-order valence-electron chi connectivity index (χ3n) is 3.95. The number of fused-ring (bicyclic) bond motifs is 1. The second kappa shape index (κ2) is 6.58. The van der Waals surface area contributed by atoms with Gasteiger partial charge in [0.15, 0.2) is 0 Å². The lowest BCUT2D eigenvalue weighted by atomic mass is 10.0. The Hall–Kier alpha value is -1.39. The molecule has 1 atom stereocenters. The van der Waals surface area contributed by atoms with E-state index in [2.05, 4.69) is 34.1 Å². The Morgan fingerprint density at radius 2 is 2.05 bits per heavy atom. The van der Waals surface area contributed by atoms with Crippen LogP contribution in [-0.4, -0.2) is 41.9 Å². The molecule has 0 saturated carbocycles. The van der Waals surface area contributed by atoms with Gasteiger partial charge in [-0.3, -0.25) is 4.79 Å². The molecule has 4 heteroatoms. The van der Waals surface area contributed by atoms with E-state index in [-0.39, 0.29) is 11.9 Å². The van der Waals surface area contributed by atoms with Gasteiger partial charge >= 0.3 is 0 Å². The maximum absolute atomic E-state index is 12.6. The number of rotatable bonds is 3. The number of morpholine rings is 1. The van der Waals surface area contributed by atoms with Crippen LogP contribution in [0.25, 0.3) is 10.8 Å². The molecule has 2 aromatic rings. The monoisotopic (exact) mass is 347 g/mol. The van der Waals surface area contributed by atoms with Crippen LogP contribution in [0.3, 0.4) is 0 Å². The van der Waals surface area contributed by atoms with E-state index in [1.807, 2.05) is 29.2 Å². The molecule has 1 aliphatic rings. The Morgan fingerprint density at radius 3 is 2.90 bits per heavy atom. The van der Waals surface area contributed by atoms with Crippen molar-refractivity contribution in [3.05, 3.63) is 48.0 Å². The van der Waals surface area contributed by atoms with Crippen molar-refractivity contribution in [3.8, 4) is 0 Å². The average molecular weight is 348 g/mol. The summed E-state index contributed by atoms with van der Waals surface area (Å²) in [5.74, 6) is 0.180. The highest BCUT2D eigenvalue weighted by molar-refractivity contribution is 9.09. The van der Waals surface area contributed by atoms with E-state index >= 15 is 0 Å². The molecule has 1 fully saturated rings. The van der Waals surface area contributed by atoms with Gasteiger partial charge in [0, 0.05) is 11.9 Å². The van der Waals surface area contributed by atoms with Crippen molar-refractivity contribution in [2.45, 2.75) is 12.5 Å². The van der Waals surface area contributed by atoms with Gasteiger partial charge in [0.2, 0.25) is 5.91 Å². The molecule has 2 aromatic carbocycles. The quantitative estimate of drug-likeness (QED) is 0.798. The molecule has 110 valence electrons. The van der Waals surface area contributed by atoms with Gasteiger partial charge < -0.3 is 9.64 Å². The van der Waals surface area contributed by atoms with E-state index in [4.69, 9.17) is 4.74 Å². The van der Waals surface area contributed by atoms with E-state index < -0.39 is 0 Å². The molecule has 21 heavy (non-hydrogen) atoms. The third kappa shape index (κ3) is 3.11. The van der Waals surface area contributed by atoms with Crippen molar-refractivity contribution in [1.82, 2.24) is 4.90 Å². The molecule has 1 amide bonds. The first kappa shape index (κ1) is 14.5. The highest BCUT2D eigenvalue weighted by Crippen LogP contribution is 2.20. The van der Waals surface area contributed by atoms with Gasteiger partial charge in [-0.15, -0.1) is 0 Å². The SMILES string of the molecule is O=C(Cc1cccc2ccccc12)N1CCOCC1CBr. The van der Waals surface area contributed by atoms with Gasteiger partial charge in [-0.2, -0.15) is 0 Å². The minimum Gasteiger partial charge on any atom is -0.377 e. The number of halogens is 1. The number of hydrogen-bond donors (Lipinski definition) is 0. The summed E-state index contributed by atoms with van der Waals surface area (Å²) in [6, 6.07) is 14.5. The molecule has 0 bridgehead atoms. The molecular formula is C17H18BrNO2. The largest absolute Gasteiger partial charge is 0.377 e. The summed E-state index contributed by atoms with van der Waals surface area (Å²) in [4.78, 5) is 14.6. The number of benzene rings is 2. The lowest BCUT2D eigenvalue weighted by molar-refractivity contribution is -0.138. The van der Waals surface area contributed by atoms with Crippen molar-refractivity contribution in [2.75, 3.05) is 25.1 Å². The summed E-state index contributed by atoms with van der Waals surface area (Å²) in [5, 5.41) is 3.10. The number of carbonyl (C=O) groups is 1. The van der Waals surface area contributed by atoms with Crippen molar-refractivity contribution in [2.24, 2.45) is 0 Å². The molecule has 1 heterocycles. The lowest BCUT2D eigenvalue weighted by Crippen LogP contribution is -2.50. The summed E-state index contributed by atoms with van der Waals surface area (Å²) < 4.78 is 5.45. The summed E-state index contributed by atoms with van der Waals surface area (Å²) >= 11 is 3.47. The Morgan fingerprint density at radius 1 is 1.24 bits per heavy atom. The normalized spacial score (nSPS) is 18.9. The molecule has 1 unspecified atom stereocenters. The molecule has 3 rings (SSSR count). The average Bonchev–Trinajstić information content (AvgIpc) is 2.55. The maximum atomic E-state index is 12.6. The van der Waals surface area contributed by atoms with Gasteiger partial charge in [-0.1, -0.05) is 58.4 Å². The van der Waals surface area contributed by atoms with Crippen LogP contribution in [0.2, 0.25) is 0 Å². The zero-order valence-corrected chi connectivity index (χ0v) is 13.4. The van der Waals surface area contributed by atoms with Crippen molar-refractivity contribution >= 4 is 32.6 Å². The number of nitrogens with zero attached hydrogens (tertiary/aromatic N) is 1. The maximum Gasteiger partial charge on any atom is 0.227 e. The smallest absolute Gasteiger partial charge is 0.227 e. The van der Waals surface area contributed by atoms with Crippen molar-refractivity contribution in [3.63, 3.8) is 0 Å². The first-order valence-corrected chi connectivity index (χ1v) is 8.31. The fourth-order valence-corrected chi connectivity index (χ4v) is 3.36. The van der Waals surface area contributed by atoms with E-state index in [1.54, 1.807) is 0 Å². The number of amides is 1. The highest BCUT2D eigenvalue weighted by atomic mass is 79.9. The van der Waals surface area contributed by atoms with Crippen LogP contribution < -0.4 is 0 Å². The van der Waals surface area contributed by atoms with Crippen LogP contribution in [0.1, 0.15) is 5.56 Å². The standard InChI is InChI=1S/C17H18BrNO2/c18-11-15-12-21-9-8-19(15)17(20)10-14-6-3-5-13-4-1-2-7-16(13)14/h1-7,15H,8-12H2. The predicted molar refractivity (Wildman–Crippen MR) is 87.8 cm³/mol. The number of alkyl halides is 1. The zero-order chi connectivity index (χ0) is 14.7. The first-order chi connectivity index (χ1) is 10.3. The van der Waals surface area contributed by atoms with Gasteiger partial charge in [0.05, 0.1) is 25.7 Å². The molecule has 0 aliphatic carbocycles. The van der Waals surface area contributed by atoms with Gasteiger partial charge in [-0.25, -0.2) is 0 Å². The third-order valence-corrected chi connectivity index (χ3v) is 4.70. The molecule has 0 N–H and O–H groups in total. The number of ether oxygens (including phenoxy) is 1. The van der Waals surface area contributed by atoms with E-state index in [9.17, 15) is 4.79 Å². The molecule has 1 aliphatic heterocycles. The fourth-order valence-electron chi connectivity index (χ4n) is 2.82. The zero-order valence-electron chi connectivity index (χ0n) is 11.8. The minimum absolute atomic E-state index is 0.140. The second-order valence-electron chi connectivity index (χ2n) is 5.29. The minimum atomic E-state index is 0.140. The van der Waals surface area contributed by atoms with Crippen LogP contribution in [0.5, 0.6) is 0 Å². The Kier molecular flexibility index (Phi) is 4.56. The van der Waals surface area contributed by atoms with Gasteiger partial charge in [-0.05, 0) is 16.3 Å². The van der Waals surface area contributed by atoms with Crippen LogP contribution in [0.15, 0.2) is 42.5 Å². The summed E-state index contributed by atoms with van der Waals surface area (Å²) in [6.45, 7) is 1.93. The lowest BCUT2D eigenvalue weighted by Gasteiger charge is -2.34. The summed E-state index contributed by atoms with van der Waals surface area (Å²) in [5.41, 5.74) is 1.10.